The molecular formula is C18H25N3O2. The fraction of sp³-hybridized carbons (Fsp3) is 0.611. The average Bonchev–Trinajstić information content (AvgIpc) is 2.75. The summed E-state index contributed by atoms with van der Waals surface area (Å²) >= 11 is 0. The molecule has 5 heteroatoms. The van der Waals surface area contributed by atoms with Crippen LogP contribution in [0.5, 0.6) is 0 Å². The molecule has 23 heavy (non-hydrogen) atoms. The minimum atomic E-state index is 0.0434. The standard InChI is InChI=1S/C18H25N3O2/c1-13-6-5-8-16(19-13)18(23)21-10-4-3-7-15-12-20(14(2)22)11-9-17(15)21/h5-6,8,15,17H,3-4,7,9-12H2,1-2H3/t15-,17-/m1/s1. The second kappa shape index (κ2) is 6.69. The van der Waals surface area contributed by atoms with Gasteiger partial charge in [-0.25, -0.2) is 4.98 Å². The lowest BCUT2D eigenvalue weighted by Gasteiger charge is -2.42. The lowest BCUT2D eigenvalue weighted by atomic mass is 9.88. The first-order valence-corrected chi connectivity index (χ1v) is 8.56. The van der Waals surface area contributed by atoms with Gasteiger partial charge >= 0.3 is 0 Å². The number of nitrogens with zero attached hydrogens (tertiary/aromatic N) is 3. The van der Waals surface area contributed by atoms with E-state index >= 15 is 0 Å². The molecule has 0 unspecified atom stereocenters. The van der Waals surface area contributed by atoms with E-state index in [2.05, 4.69) is 4.98 Å². The minimum absolute atomic E-state index is 0.0434. The molecule has 0 radical (unpaired) electrons. The van der Waals surface area contributed by atoms with E-state index in [9.17, 15) is 9.59 Å². The highest BCUT2D eigenvalue weighted by atomic mass is 16.2. The molecule has 2 aliphatic heterocycles. The molecule has 0 aromatic carbocycles. The maximum Gasteiger partial charge on any atom is 0.272 e. The van der Waals surface area contributed by atoms with Gasteiger partial charge in [-0.2, -0.15) is 0 Å². The van der Waals surface area contributed by atoms with Crippen LogP contribution in [-0.4, -0.2) is 52.3 Å². The van der Waals surface area contributed by atoms with E-state index in [0.717, 1.165) is 51.0 Å². The van der Waals surface area contributed by atoms with Gasteiger partial charge in [-0.15, -0.1) is 0 Å². The summed E-state index contributed by atoms with van der Waals surface area (Å²) < 4.78 is 0. The Kier molecular flexibility index (Phi) is 4.64. The summed E-state index contributed by atoms with van der Waals surface area (Å²) in [4.78, 5) is 33.0. The summed E-state index contributed by atoms with van der Waals surface area (Å²) in [6.07, 6.45) is 4.13. The van der Waals surface area contributed by atoms with Crippen LogP contribution in [0.2, 0.25) is 0 Å². The zero-order valence-corrected chi connectivity index (χ0v) is 14.0. The zero-order chi connectivity index (χ0) is 16.4. The fourth-order valence-corrected chi connectivity index (χ4v) is 3.92. The molecule has 1 aromatic rings. The van der Waals surface area contributed by atoms with Crippen molar-refractivity contribution in [3.05, 3.63) is 29.6 Å². The number of piperidine rings is 1. The van der Waals surface area contributed by atoms with Gasteiger partial charge in [0.05, 0.1) is 0 Å². The number of amides is 2. The molecule has 3 heterocycles. The Bertz CT molecular complexity index is 602. The number of rotatable bonds is 1. The summed E-state index contributed by atoms with van der Waals surface area (Å²) in [7, 11) is 0. The number of fused-ring (bicyclic) bond motifs is 1. The number of aromatic nitrogens is 1. The first kappa shape index (κ1) is 16.0. The van der Waals surface area contributed by atoms with E-state index in [4.69, 9.17) is 0 Å². The molecular weight excluding hydrogens is 290 g/mol. The lowest BCUT2D eigenvalue weighted by Crippen LogP contribution is -2.53. The summed E-state index contributed by atoms with van der Waals surface area (Å²) in [6, 6.07) is 5.85. The van der Waals surface area contributed by atoms with Gasteiger partial charge in [-0.05, 0) is 44.2 Å². The molecule has 0 aliphatic carbocycles. The topological polar surface area (TPSA) is 53.5 Å². The third-order valence-electron chi connectivity index (χ3n) is 5.13. The fourth-order valence-electron chi connectivity index (χ4n) is 3.92. The zero-order valence-electron chi connectivity index (χ0n) is 14.0. The Morgan fingerprint density at radius 1 is 1.17 bits per heavy atom. The third-order valence-corrected chi connectivity index (χ3v) is 5.13. The predicted molar refractivity (Wildman–Crippen MR) is 88.0 cm³/mol. The highest BCUT2D eigenvalue weighted by Crippen LogP contribution is 2.30. The number of carbonyl (C=O) groups is 2. The average molecular weight is 315 g/mol. The van der Waals surface area contributed by atoms with Crippen LogP contribution in [-0.2, 0) is 4.79 Å². The van der Waals surface area contributed by atoms with Crippen LogP contribution in [0, 0.1) is 12.8 Å². The molecule has 5 nitrogen and oxygen atoms in total. The van der Waals surface area contributed by atoms with Crippen LogP contribution in [0.4, 0.5) is 0 Å². The minimum Gasteiger partial charge on any atom is -0.343 e. The van der Waals surface area contributed by atoms with E-state index < -0.39 is 0 Å². The molecule has 0 N–H and O–H groups in total. The Morgan fingerprint density at radius 3 is 2.74 bits per heavy atom. The van der Waals surface area contributed by atoms with Crippen molar-refractivity contribution in [2.24, 2.45) is 5.92 Å². The van der Waals surface area contributed by atoms with Gasteiger partial charge in [0.2, 0.25) is 5.91 Å². The summed E-state index contributed by atoms with van der Waals surface area (Å²) in [5, 5.41) is 0. The molecule has 0 bridgehead atoms. The van der Waals surface area contributed by atoms with E-state index in [-0.39, 0.29) is 17.9 Å². The Balaban J connectivity index is 1.81. The monoisotopic (exact) mass is 315 g/mol. The van der Waals surface area contributed by atoms with Gasteiger partial charge in [-0.3, -0.25) is 9.59 Å². The van der Waals surface area contributed by atoms with Crippen molar-refractivity contribution in [1.29, 1.82) is 0 Å². The number of hydrogen-bond acceptors (Lipinski definition) is 3. The van der Waals surface area contributed by atoms with Crippen LogP contribution in [0.1, 0.15) is 48.8 Å². The molecule has 2 saturated heterocycles. The molecule has 0 saturated carbocycles. The number of aryl methyl sites for hydroxylation is 1. The number of hydrogen-bond donors (Lipinski definition) is 0. The number of pyridine rings is 1. The molecule has 2 fully saturated rings. The van der Waals surface area contributed by atoms with Crippen molar-refractivity contribution in [1.82, 2.24) is 14.8 Å². The Hall–Kier alpha value is -1.91. The van der Waals surface area contributed by atoms with Crippen LogP contribution in [0.25, 0.3) is 0 Å². The maximum atomic E-state index is 13.0. The van der Waals surface area contributed by atoms with Crippen molar-refractivity contribution in [2.75, 3.05) is 19.6 Å². The van der Waals surface area contributed by atoms with Crippen molar-refractivity contribution in [3.8, 4) is 0 Å². The highest BCUT2D eigenvalue weighted by Gasteiger charge is 2.37. The first-order chi connectivity index (χ1) is 11.1. The second-order valence-electron chi connectivity index (χ2n) is 6.74. The van der Waals surface area contributed by atoms with Gasteiger partial charge in [-0.1, -0.05) is 12.5 Å². The van der Waals surface area contributed by atoms with Crippen molar-refractivity contribution in [3.63, 3.8) is 0 Å². The van der Waals surface area contributed by atoms with Gasteiger partial charge in [0.1, 0.15) is 5.69 Å². The highest BCUT2D eigenvalue weighted by molar-refractivity contribution is 5.92. The number of carbonyl (C=O) groups excluding carboxylic acids is 2. The van der Waals surface area contributed by atoms with Crippen molar-refractivity contribution >= 4 is 11.8 Å². The predicted octanol–water partition coefficient (Wildman–Crippen LogP) is 2.25. The Morgan fingerprint density at radius 2 is 2.00 bits per heavy atom. The van der Waals surface area contributed by atoms with Crippen molar-refractivity contribution < 1.29 is 9.59 Å². The number of likely N-dealkylation sites (tertiary alicyclic amines) is 2. The molecule has 1 aromatic heterocycles. The largest absolute Gasteiger partial charge is 0.343 e. The lowest BCUT2D eigenvalue weighted by molar-refractivity contribution is -0.131. The molecule has 0 spiro atoms. The molecule has 124 valence electrons. The third kappa shape index (κ3) is 3.38. The van der Waals surface area contributed by atoms with Crippen LogP contribution in [0.15, 0.2) is 18.2 Å². The normalized spacial score (nSPS) is 24.8. The van der Waals surface area contributed by atoms with Gasteiger partial charge < -0.3 is 9.80 Å². The van der Waals surface area contributed by atoms with E-state index in [1.165, 1.54) is 0 Å². The van der Waals surface area contributed by atoms with Gasteiger partial charge in [0.15, 0.2) is 0 Å². The van der Waals surface area contributed by atoms with Crippen LogP contribution < -0.4 is 0 Å². The Labute approximate surface area is 137 Å². The van der Waals surface area contributed by atoms with E-state index in [1.807, 2.05) is 28.9 Å². The summed E-state index contributed by atoms with van der Waals surface area (Å²) in [5.74, 6) is 0.580. The quantitative estimate of drug-likeness (QED) is 0.799. The first-order valence-electron chi connectivity index (χ1n) is 8.56. The molecule has 2 aliphatic rings. The van der Waals surface area contributed by atoms with Crippen LogP contribution in [0.3, 0.4) is 0 Å². The van der Waals surface area contributed by atoms with Gasteiger partial charge in [0, 0.05) is 38.3 Å². The second-order valence-corrected chi connectivity index (χ2v) is 6.74. The van der Waals surface area contributed by atoms with Gasteiger partial charge in [0.25, 0.3) is 5.91 Å². The summed E-state index contributed by atoms with van der Waals surface area (Å²) in [6.45, 7) is 5.88. The van der Waals surface area contributed by atoms with Crippen LogP contribution >= 0.6 is 0 Å². The van der Waals surface area contributed by atoms with E-state index in [0.29, 0.717) is 11.6 Å². The molecule has 2 amide bonds. The summed E-state index contributed by atoms with van der Waals surface area (Å²) in [5.41, 5.74) is 1.41. The molecule has 2 atom stereocenters. The molecule has 3 rings (SSSR count). The smallest absolute Gasteiger partial charge is 0.272 e. The van der Waals surface area contributed by atoms with E-state index in [1.54, 1.807) is 13.0 Å². The maximum absolute atomic E-state index is 13.0. The van der Waals surface area contributed by atoms with Crippen molar-refractivity contribution in [2.45, 2.75) is 45.6 Å². The SMILES string of the molecule is CC(=O)N1CC[C@@H]2[C@H](CCCCN2C(=O)c2cccc(C)n2)C1.